The van der Waals surface area contributed by atoms with Crippen molar-refractivity contribution in [1.29, 1.82) is 0 Å². The molecule has 3 rings (SSSR count). The van der Waals surface area contributed by atoms with Gasteiger partial charge in [0.05, 0.1) is 6.04 Å². The fourth-order valence-electron chi connectivity index (χ4n) is 4.00. The molecule has 1 aromatic carbocycles. The van der Waals surface area contributed by atoms with Gasteiger partial charge < -0.3 is 14.5 Å². The molecule has 0 radical (unpaired) electrons. The van der Waals surface area contributed by atoms with Gasteiger partial charge in [-0.05, 0) is 67.5 Å². The Labute approximate surface area is 200 Å². The summed E-state index contributed by atoms with van der Waals surface area (Å²) < 4.78 is 6.12. The maximum Gasteiger partial charge on any atom is 0.242 e. The summed E-state index contributed by atoms with van der Waals surface area (Å²) in [6.07, 6.45) is 1.64. The Hall–Kier alpha value is -2.05. The van der Waals surface area contributed by atoms with E-state index in [-0.39, 0.29) is 36.4 Å². The van der Waals surface area contributed by atoms with E-state index in [0.717, 1.165) is 29.7 Å². The average molecular weight is 477 g/mol. The minimum Gasteiger partial charge on any atom is -0.491 e. The van der Waals surface area contributed by atoms with E-state index in [4.69, 9.17) is 16.3 Å². The molecule has 2 amide bonds. The van der Waals surface area contributed by atoms with E-state index in [0.29, 0.717) is 18.2 Å². The van der Waals surface area contributed by atoms with E-state index in [9.17, 15) is 9.59 Å². The highest BCUT2D eigenvalue weighted by Crippen LogP contribution is 2.34. The van der Waals surface area contributed by atoms with Gasteiger partial charge in [0.15, 0.2) is 0 Å². The Balaban J connectivity index is 1.80. The molecular weight excluding hydrogens is 444 g/mol. The summed E-state index contributed by atoms with van der Waals surface area (Å²) in [7, 11) is 0. The standard InChI is InChI=1S/C25H33ClN2O3S/c1-6-18(5)28(25(30)16(2)3)14-24(29)27-11-9-23-20(10-12-32-23)22(27)15-31-19-7-8-21(26)17(4)13-19/h7-8,10,12-13,16,18,22H,6,9,11,14-15H2,1-5H3/t18-,22+/m1/s1. The Morgan fingerprint density at radius 3 is 2.69 bits per heavy atom. The number of thiophene rings is 1. The molecular formula is C25H33ClN2O3S. The molecule has 32 heavy (non-hydrogen) atoms. The topological polar surface area (TPSA) is 49.9 Å². The number of carbonyl (C=O) groups is 2. The minimum absolute atomic E-state index is 0.0158. The molecule has 7 heteroatoms. The lowest BCUT2D eigenvalue weighted by Gasteiger charge is -2.38. The van der Waals surface area contributed by atoms with Gasteiger partial charge in [-0.15, -0.1) is 11.3 Å². The zero-order valence-electron chi connectivity index (χ0n) is 19.6. The van der Waals surface area contributed by atoms with E-state index in [1.807, 2.05) is 57.7 Å². The highest BCUT2D eigenvalue weighted by molar-refractivity contribution is 7.10. The van der Waals surface area contributed by atoms with Crippen LogP contribution in [0.1, 0.15) is 56.2 Å². The molecule has 0 unspecified atom stereocenters. The van der Waals surface area contributed by atoms with Crippen LogP contribution in [-0.4, -0.2) is 47.4 Å². The van der Waals surface area contributed by atoms with E-state index in [2.05, 4.69) is 11.4 Å². The summed E-state index contributed by atoms with van der Waals surface area (Å²) >= 11 is 7.87. The lowest BCUT2D eigenvalue weighted by molar-refractivity contribution is -0.146. The first kappa shape index (κ1) is 24.6. The second-order valence-electron chi connectivity index (χ2n) is 8.75. The number of carbonyl (C=O) groups excluding carboxylic acids is 2. The number of amides is 2. The van der Waals surface area contributed by atoms with Crippen molar-refractivity contribution in [2.24, 2.45) is 5.92 Å². The first-order chi connectivity index (χ1) is 15.2. The molecule has 1 aromatic heterocycles. The zero-order chi connectivity index (χ0) is 23.4. The summed E-state index contributed by atoms with van der Waals surface area (Å²) in [4.78, 5) is 31.2. The van der Waals surface area contributed by atoms with Gasteiger partial charge in [0.1, 0.15) is 18.9 Å². The van der Waals surface area contributed by atoms with E-state index in [1.54, 1.807) is 16.2 Å². The summed E-state index contributed by atoms with van der Waals surface area (Å²) in [5.41, 5.74) is 2.10. The third kappa shape index (κ3) is 5.46. The monoisotopic (exact) mass is 476 g/mol. The van der Waals surface area contributed by atoms with Gasteiger partial charge in [-0.2, -0.15) is 0 Å². The summed E-state index contributed by atoms with van der Waals surface area (Å²) in [5.74, 6) is 0.578. The normalized spacial score (nSPS) is 16.6. The van der Waals surface area contributed by atoms with Crippen molar-refractivity contribution in [3.63, 3.8) is 0 Å². The molecule has 1 aliphatic rings. The largest absolute Gasteiger partial charge is 0.491 e. The predicted molar refractivity (Wildman–Crippen MR) is 130 cm³/mol. The third-order valence-electron chi connectivity index (χ3n) is 6.16. The average Bonchev–Trinajstić information content (AvgIpc) is 3.25. The number of hydrogen-bond donors (Lipinski definition) is 0. The second kappa shape index (κ2) is 10.7. The molecule has 2 atom stereocenters. The van der Waals surface area contributed by atoms with Crippen LogP contribution in [0.4, 0.5) is 0 Å². The lowest BCUT2D eigenvalue weighted by atomic mass is 10.00. The molecule has 0 saturated heterocycles. The summed E-state index contributed by atoms with van der Waals surface area (Å²) in [5, 5.41) is 2.78. The maximum absolute atomic E-state index is 13.5. The van der Waals surface area contributed by atoms with Crippen molar-refractivity contribution < 1.29 is 14.3 Å². The van der Waals surface area contributed by atoms with Gasteiger partial charge in [-0.25, -0.2) is 0 Å². The lowest BCUT2D eigenvalue weighted by Crippen LogP contribution is -2.50. The number of ether oxygens (including phenoxy) is 1. The molecule has 0 bridgehead atoms. The van der Waals surface area contributed by atoms with Crippen LogP contribution < -0.4 is 4.74 Å². The first-order valence-electron chi connectivity index (χ1n) is 11.3. The number of benzene rings is 1. The summed E-state index contributed by atoms with van der Waals surface area (Å²) in [6, 6.07) is 7.52. The van der Waals surface area contributed by atoms with Crippen molar-refractivity contribution in [2.45, 2.75) is 59.5 Å². The number of rotatable bonds is 8. The predicted octanol–water partition coefficient (Wildman–Crippen LogP) is 5.50. The van der Waals surface area contributed by atoms with Gasteiger partial charge in [0.2, 0.25) is 11.8 Å². The smallest absolute Gasteiger partial charge is 0.242 e. The molecule has 0 aliphatic carbocycles. The fourth-order valence-corrected chi connectivity index (χ4v) is 5.04. The molecule has 1 aliphatic heterocycles. The van der Waals surface area contributed by atoms with Crippen LogP contribution in [0.3, 0.4) is 0 Å². The first-order valence-corrected chi connectivity index (χ1v) is 12.5. The Morgan fingerprint density at radius 1 is 1.28 bits per heavy atom. The SMILES string of the molecule is CC[C@@H](C)N(CC(=O)N1CCc2sccc2[C@@H]1COc1ccc(Cl)c(C)c1)C(=O)C(C)C. The Bertz CT molecular complexity index is 958. The number of nitrogens with zero attached hydrogens (tertiary/aromatic N) is 2. The van der Waals surface area contributed by atoms with Crippen molar-refractivity contribution in [3.8, 4) is 5.75 Å². The maximum atomic E-state index is 13.5. The van der Waals surface area contributed by atoms with Gasteiger partial charge in [-0.1, -0.05) is 32.4 Å². The number of fused-ring (bicyclic) bond motifs is 1. The quantitative estimate of drug-likeness (QED) is 0.505. The van der Waals surface area contributed by atoms with Crippen LogP contribution in [0, 0.1) is 12.8 Å². The highest BCUT2D eigenvalue weighted by atomic mass is 35.5. The van der Waals surface area contributed by atoms with Crippen LogP contribution in [0.25, 0.3) is 0 Å². The highest BCUT2D eigenvalue weighted by Gasteiger charge is 2.34. The van der Waals surface area contributed by atoms with Crippen molar-refractivity contribution >= 4 is 34.8 Å². The van der Waals surface area contributed by atoms with Gasteiger partial charge in [0, 0.05) is 28.4 Å². The zero-order valence-corrected chi connectivity index (χ0v) is 21.1. The van der Waals surface area contributed by atoms with E-state index in [1.165, 1.54) is 4.88 Å². The Morgan fingerprint density at radius 2 is 2.03 bits per heavy atom. The van der Waals surface area contributed by atoms with Crippen LogP contribution >= 0.6 is 22.9 Å². The number of aryl methyl sites for hydroxylation is 1. The van der Waals surface area contributed by atoms with Gasteiger partial charge >= 0.3 is 0 Å². The fraction of sp³-hybridized carbons (Fsp3) is 0.520. The van der Waals surface area contributed by atoms with Crippen molar-refractivity contribution in [3.05, 3.63) is 50.7 Å². The number of halogens is 1. The van der Waals surface area contributed by atoms with Crippen LogP contribution in [0.2, 0.25) is 5.02 Å². The van der Waals surface area contributed by atoms with Crippen LogP contribution in [0.15, 0.2) is 29.6 Å². The molecule has 174 valence electrons. The third-order valence-corrected chi connectivity index (χ3v) is 7.58. The van der Waals surface area contributed by atoms with Crippen LogP contribution in [-0.2, 0) is 16.0 Å². The van der Waals surface area contributed by atoms with Crippen LogP contribution in [0.5, 0.6) is 5.75 Å². The minimum atomic E-state index is -0.179. The Kier molecular flexibility index (Phi) is 8.23. The van der Waals surface area contributed by atoms with Crippen molar-refractivity contribution in [2.75, 3.05) is 19.7 Å². The molecule has 0 saturated carbocycles. The molecule has 2 heterocycles. The van der Waals surface area contributed by atoms with Gasteiger partial charge in [0.25, 0.3) is 0 Å². The van der Waals surface area contributed by atoms with Gasteiger partial charge in [-0.3, -0.25) is 9.59 Å². The van der Waals surface area contributed by atoms with Crippen molar-refractivity contribution in [1.82, 2.24) is 9.80 Å². The molecule has 0 spiro atoms. The molecule has 2 aromatic rings. The second-order valence-corrected chi connectivity index (χ2v) is 10.2. The summed E-state index contributed by atoms with van der Waals surface area (Å²) in [6.45, 7) is 10.8. The molecule has 0 N–H and O–H groups in total. The van der Waals surface area contributed by atoms with E-state index >= 15 is 0 Å². The molecule has 0 fully saturated rings. The number of hydrogen-bond acceptors (Lipinski definition) is 4. The molecule has 5 nitrogen and oxygen atoms in total. The van der Waals surface area contributed by atoms with E-state index < -0.39 is 0 Å².